The highest BCUT2D eigenvalue weighted by molar-refractivity contribution is 5.83. The van der Waals surface area contributed by atoms with E-state index in [2.05, 4.69) is 17.0 Å². The Labute approximate surface area is 167 Å². The summed E-state index contributed by atoms with van der Waals surface area (Å²) in [6, 6.07) is 6.04. The minimum Gasteiger partial charge on any atom is -0.406 e. The van der Waals surface area contributed by atoms with Crippen LogP contribution in [0.1, 0.15) is 51.0 Å². The molecule has 4 rings (SSSR count). The first kappa shape index (κ1) is 20.0. The van der Waals surface area contributed by atoms with Crippen molar-refractivity contribution in [3.63, 3.8) is 0 Å². The molecule has 1 aromatic rings. The standard InChI is InChI=1S/C21H25F3N2O3/c1-19(15-2-4-16(5-3-15)29-21(22,23)24)8-10-26(11-9-19)18(28)14-12-20(13-14)7-6-17(27)25-20/h2-5,14H,6-13H2,1H3,(H,25,27)/t14-,20+. The Bertz CT molecular complexity index is 792. The van der Waals surface area contributed by atoms with E-state index in [-0.39, 0.29) is 34.4 Å². The smallest absolute Gasteiger partial charge is 0.406 e. The minimum absolute atomic E-state index is 0.0171. The maximum Gasteiger partial charge on any atom is 0.573 e. The molecule has 2 aliphatic heterocycles. The van der Waals surface area contributed by atoms with Gasteiger partial charge in [0.15, 0.2) is 0 Å². The quantitative estimate of drug-likeness (QED) is 0.830. The van der Waals surface area contributed by atoms with E-state index in [0.29, 0.717) is 19.5 Å². The van der Waals surface area contributed by atoms with Crippen LogP contribution in [0, 0.1) is 5.92 Å². The zero-order valence-corrected chi connectivity index (χ0v) is 16.3. The second kappa shape index (κ2) is 6.92. The summed E-state index contributed by atoms with van der Waals surface area (Å²) >= 11 is 0. The van der Waals surface area contributed by atoms with E-state index in [9.17, 15) is 22.8 Å². The van der Waals surface area contributed by atoms with E-state index < -0.39 is 6.36 Å². The van der Waals surface area contributed by atoms with Crippen molar-refractivity contribution in [2.75, 3.05) is 13.1 Å². The SMILES string of the molecule is CC1(c2ccc(OC(F)(F)F)cc2)CCN(C(=O)[C@H]2C[C@]3(CCC(=O)N3)C2)CC1. The summed E-state index contributed by atoms with van der Waals surface area (Å²) in [4.78, 5) is 26.2. The average molecular weight is 410 g/mol. The van der Waals surface area contributed by atoms with E-state index in [4.69, 9.17) is 0 Å². The Morgan fingerprint density at radius 3 is 2.28 bits per heavy atom. The van der Waals surface area contributed by atoms with E-state index in [1.165, 1.54) is 12.1 Å². The first-order valence-electron chi connectivity index (χ1n) is 10.0. The Morgan fingerprint density at radius 1 is 1.14 bits per heavy atom. The minimum atomic E-state index is -4.70. The number of piperidine rings is 1. The number of carbonyl (C=O) groups excluding carboxylic acids is 2. The molecule has 1 aliphatic carbocycles. The molecule has 3 aliphatic rings. The van der Waals surface area contributed by atoms with Crippen molar-refractivity contribution in [2.24, 2.45) is 5.92 Å². The van der Waals surface area contributed by atoms with Gasteiger partial charge in [-0.2, -0.15) is 0 Å². The predicted molar refractivity (Wildman–Crippen MR) is 99.1 cm³/mol. The number of hydrogen-bond donors (Lipinski definition) is 1. The van der Waals surface area contributed by atoms with Crippen molar-refractivity contribution in [3.8, 4) is 5.75 Å². The molecule has 0 atom stereocenters. The molecular weight excluding hydrogens is 385 g/mol. The lowest BCUT2D eigenvalue weighted by atomic mass is 9.66. The highest BCUT2D eigenvalue weighted by Gasteiger charge is 2.52. The predicted octanol–water partition coefficient (Wildman–Crippen LogP) is 3.52. The number of amides is 2. The lowest BCUT2D eigenvalue weighted by Crippen LogP contribution is -2.57. The lowest BCUT2D eigenvalue weighted by molar-refractivity contribution is -0.274. The van der Waals surface area contributed by atoms with Gasteiger partial charge in [-0.25, -0.2) is 0 Å². The van der Waals surface area contributed by atoms with E-state index >= 15 is 0 Å². The van der Waals surface area contributed by atoms with Crippen molar-refractivity contribution >= 4 is 11.8 Å². The van der Waals surface area contributed by atoms with Crippen molar-refractivity contribution in [2.45, 2.75) is 62.8 Å². The highest BCUT2D eigenvalue weighted by atomic mass is 19.4. The number of ether oxygens (including phenoxy) is 1. The maximum atomic E-state index is 12.8. The van der Waals surface area contributed by atoms with Crippen LogP contribution < -0.4 is 10.1 Å². The summed E-state index contributed by atoms with van der Waals surface area (Å²) < 4.78 is 40.9. The van der Waals surface area contributed by atoms with Crippen LogP contribution in [0.3, 0.4) is 0 Å². The van der Waals surface area contributed by atoms with Gasteiger partial charge in [-0.1, -0.05) is 19.1 Å². The number of benzene rings is 1. The number of hydrogen-bond acceptors (Lipinski definition) is 3. The number of nitrogens with one attached hydrogen (secondary N) is 1. The summed E-state index contributed by atoms with van der Waals surface area (Å²) in [6.07, 6.45) is -0.353. The molecule has 1 spiro atoms. The van der Waals surface area contributed by atoms with Crippen LogP contribution in [-0.4, -0.2) is 41.7 Å². The Balaban J connectivity index is 1.31. The molecule has 2 saturated heterocycles. The van der Waals surface area contributed by atoms with Crippen LogP contribution in [0.5, 0.6) is 5.75 Å². The van der Waals surface area contributed by atoms with Gasteiger partial charge < -0.3 is 15.0 Å². The van der Waals surface area contributed by atoms with Crippen LogP contribution >= 0.6 is 0 Å². The highest BCUT2D eigenvalue weighted by Crippen LogP contribution is 2.45. The Morgan fingerprint density at radius 2 is 1.76 bits per heavy atom. The van der Waals surface area contributed by atoms with Crippen molar-refractivity contribution in [1.29, 1.82) is 0 Å². The van der Waals surface area contributed by atoms with Gasteiger partial charge >= 0.3 is 6.36 Å². The second-order valence-electron chi connectivity index (χ2n) is 8.89. The molecule has 2 heterocycles. The third-order valence-corrected chi connectivity index (χ3v) is 6.82. The second-order valence-corrected chi connectivity index (χ2v) is 8.89. The summed E-state index contributed by atoms with van der Waals surface area (Å²) in [6.45, 7) is 3.35. The molecule has 29 heavy (non-hydrogen) atoms. The summed E-state index contributed by atoms with van der Waals surface area (Å²) in [7, 11) is 0. The van der Waals surface area contributed by atoms with Crippen LogP contribution in [0.15, 0.2) is 24.3 Å². The molecule has 3 fully saturated rings. The monoisotopic (exact) mass is 410 g/mol. The molecule has 8 heteroatoms. The topological polar surface area (TPSA) is 58.6 Å². The maximum absolute atomic E-state index is 12.8. The van der Waals surface area contributed by atoms with Crippen LogP contribution in [-0.2, 0) is 15.0 Å². The van der Waals surface area contributed by atoms with Crippen molar-refractivity contribution in [3.05, 3.63) is 29.8 Å². The largest absolute Gasteiger partial charge is 0.573 e. The molecule has 1 aromatic carbocycles. The van der Waals surface area contributed by atoms with Crippen LogP contribution in [0.2, 0.25) is 0 Å². The molecule has 0 aromatic heterocycles. The molecule has 1 N–H and O–H groups in total. The van der Waals surface area contributed by atoms with Gasteiger partial charge in [-0.3, -0.25) is 9.59 Å². The van der Waals surface area contributed by atoms with Crippen LogP contribution in [0.4, 0.5) is 13.2 Å². The molecule has 5 nitrogen and oxygen atoms in total. The van der Waals surface area contributed by atoms with Crippen molar-refractivity contribution in [1.82, 2.24) is 10.2 Å². The van der Waals surface area contributed by atoms with Gasteiger partial charge in [0.1, 0.15) is 5.75 Å². The number of halogens is 3. The van der Waals surface area contributed by atoms with Gasteiger partial charge in [0.05, 0.1) is 0 Å². The third kappa shape index (κ3) is 4.07. The lowest BCUT2D eigenvalue weighted by Gasteiger charge is -2.47. The van der Waals surface area contributed by atoms with Gasteiger partial charge in [0.2, 0.25) is 11.8 Å². The molecule has 0 unspecified atom stereocenters. The number of alkyl halides is 3. The molecule has 158 valence electrons. The fourth-order valence-electron chi connectivity index (χ4n) is 4.96. The van der Waals surface area contributed by atoms with Gasteiger partial charge in [-0.15, -0.1) is 13.2 Å². The third-order valence-electron chi connectivity index (χ3n) is 6.82. The van der Waals surface area contributed by atoms with E-state index in [1.807, 2.05) is 4.90 Å². The molecule has 2 amide bonds. The number of rotatable bonds is 3. The fraction of sp³-hybridized carbons (Fsp3) is 0.619. The molecular formula is C21H25F3N2O3. The summed E-state index contributed by atoms with van der Waals surface area (Å²) in [5.74, 6) is -0.00373. The zero-order chi connectivity index (χ0) is 20.9. The summed E-state index contributed by atoms with van der Waals surface area (Å²) in [5.41, 5.74) is 0.617. The number of likely N-dealkylation sites (tertiary alicyclic amines) is 1. The van der Waals surface area contributed by atoms with Gasteiger partial charge in [0, 0.05) is 31.0 Å². The fourth-order valence-corrected chi connectivity index (χ4v) is 4.96. The van der Waals surface area contributed by atoms with Crippen LogP contribution in [0.25, 0.3) is 0 Å². The average Bonchev–Trinajstić information content (AvgIpc) is 3.02. The van der Waals surface area contributed by atoms with E-state index in [0.717, 1.165) is 37.7 Å². The Kier molecular flexibility index (Phi) is 4.78. The number of carbonyl (C=O) groups is 2. The first-order chi connectivity index (χ1) is 13.6. The Hall–Kier alpha value is -2.25. The van der Waals surface area contributed by atoms with E-state index in [1.54, 1.807) is 12.1 Å². The normalized spacial score (nSPS) is 28.8. The van der Waals surface area contributed by atoms with Crippen molar-refractivity contribution < 1.29 is 27.5 Å². The molecule has 0 bridgehead atoms. The van der Waals surface area contributed by atoms with Gasteiger partial charge in [0.25, 0.3) is 0 Å². The van der Waals surface area contributed by atoms with Gasteiger partial charge in [-0.05, 0) is 55.2 Å². The first-order valence-corrected chi connectivity index (χ1v) is 10.0. The zero-order valence-electron chi connectivity index (χ0n) is 16.3. The molecule has 1 saturated carbocycles. The number of nitrogens with zero attached hydrogens (tertiary/aromatic N) is 1. The molecule has 0 radical (unpaired) electrons. The summed E-state index contributed by atoms with van der Waals surface area (Å²) in [5, 5.41) is 3.02.